The van der Waals surface area contributed by atoms with Gasteiger partial charge in [0.15, 0.2) is 10.9 Å². The lowest BCUT2D eigenvalue weighted by Crippen LogP contribution is -2.22. The van der Waals surface area contributed by atoms with Crippen LogP contribution in [0.3, 0.4) is 0 Å². The van der Waals surface area contributed by atoms with Gasteiger partial charge in [-0.2, -0.15) is 0 Å². The number of aromatic nitrogens is 2. The molecule has 1 aromatic heterocycles. The molecule has 3 aromatic carbocycles. The van der Waals surface area contributed by atoms with Gasteiger partial charge in [0.2, 0.25) is 0 Å². The fourth-order valence-corrected chi connectivity index (χ4v) is 4.17. The van der Waals surface area contributed by atoms with Crippen LogP contribution < -0.4 is 5.56 Å². The number of hydrogen-bond acceptors (Lipinski definition) is 4. The van der Waals surface area contributed by atoms with Crippen molar-refractivity contribution in [3.05, 3.63) is 98.2 Å². The third-order valence-corrected chi connectivity index (χ3v) is 6.05. The van der Waals surface area contributed by atoms with Crippen molar-refractivity contribution < 1.29 is 4.79 Å². The van der Waals surface area contributed by atoms with Crippen LogP contribution in [0, 0.1) is 0 Å². The Hall–Kier alpha value is -2.41. The van der Waals surface area contributed by atoms with E-state index in [1.54, 1.807) is 41.0 Å². The summed E-state index contributed by atoms with van der Waals surface area (Å²) in [6.07, 6.45) is 0. The Labute approximate surface area is 184 Å². The zero-order valence-electron chi connectivity index (χ0n) is 15.0. The average Bonchev–Trinajstić information content (AvgIpc) is 2.73. The molecule has 0 aliphatic heterocycles. The lowest BCUT2D eigenvalue weighted by molar-refractivity contribution is 0.102. The summed E-state index contributed by atoms with van der Waals surface area (Å²) < 4.78 is 2.46. The topological polar surface area (TPSA) is 52.0 Å². The molecular formula is C22H14BrClN2O2S. The van der Waals surface area contributed by atoms with Crippen molar-refractivity contribution >= 4 is 56.0 Å². The molecular weight excluding hydrogens is 472 g/mol. The van der Waals surface area contributed by atoms with Crippen molar-refractivity contribution in [2.24, 2.45) is 0 Å². The van der Waals surface area contributed by atoms with Crippen LogP contribution in [0.1, 0.15) is 10.4 Å². The SMILES string of the molecule is O=C(CSc1nc2ccccc2c(=O)n1-c1ccc(Br)cc1)c1ccc(Cl)cc1. The van der Waals surface area contributed by atoms with Gasteiger partial charge in [0, 0.05) is 15.1 Å². The number of Topliss-reactive ketones (excluding diaryl/α,β-unsaturated/α-hetero) is 1. The summed E-state index contributed by atoms with van der Waals surface area (Å²) in [5, 5.41) is 1.58. The van der Waals surface area contributed by atoms with Gasteiger partial charge in [-0.15, -0.1) is 0 Å². The summed E-state index contributed by atoms with van der Waals surface area (Å²) >= 11 is 10.5. The minimum Gasteiger partial charge on any atom is -0.293 e. The molecule has 7 heteroatoms. The molecule has 0 N–H and O–H groups in total. The van der Waals surface area contributed by atoms with Crippen LogP contribution in [0.15, 0.2) is 87.2 Å². The van der Waals surface area contributed by atoms with Crippen molar-refractivity contribution in [2.75, 3.05) is 5.75 Å². The van der Waals surface area contributed by atoms with Crippen LogP contribution in [0.4, 0.5) is 0 Å². The van der Waals surface area contributed by atoms with Crippen molar-refractivity contribution in [3.8, 4) is 5.69 Å². The van der Waals surface area contributed by atoms with E-state index < -0.39 is 0 Å². The molecule has 0 aliphatic rings. The molecule has 0 unspecified atom stereocenters. The molecule has 0 bridgehead atoms. The molecule has 1 heterocycles. The molecule has 0 atom stereocenters. The van der Waals surface area contributed by atoms with Gasteiger partial charge >= 0.3 is 0 Å². The minimum absolute atomic E-state index is 0.0589. The van der Waals surface area contributed by atoms with E-state index in [1.165, 1.54) is 11.8 Å². The highest BCUT2D eigenvalue weighted by Crippen LogP contribution is 2.23. The van der Waals surface area contributed by atoms with E-state index in [2.05, 4.69) is 20.9 Å². The molecule has 0 saturated carbocycles. The van der Waals surface area contributed by atoms with E-state index in [9.17, 15) is 9.59 Å². The number of ketones is 1. The molecule has 0 spiro atoms. The Balaban J connectivity index is 1.75. The number of para-hydroxylation sites is 1. The Kier molecular flexibility index (Phi) is 5.85. The number of hydrogen-bond donors (Lipinski definition) is 0. The number of fused-ring (bicyclic) bond motifs is 1. The molecule has 0 aliphatic carbocycles. The lowest BCUT2D eigenvalue weighted by Gasteiger charge is -2.13. The molecule has 0 radical (unpaired) electrons. The predicted octanol–water partition coefficient (Wildman–Crippen LogP) is 5.78. The summed E-state index contributed by atoms with van der Waals surface area (Å²) in [6, 6.07) is 21.4. The van der Waals surface area contributed by atoms with Crippen LogP contribution >= 0.6 is 39.3 Å². The Morgan fingerprint density at radius 1 is 1.00 bits per heavy atom. The third-order valence-electron chi connectivity index (χ3n) is 4.33. The van der Waals surface area contributed by atoms with E-state index >= 15 is 0 Å². The van der Waals surface area contributed by atoms with Gasteiger partial charge in [0.1, 0.15) is 0 Å². The van der Waals surface area contributed by atoms with E-state index in [4.69, 9.17) is 11.6 Å². The summed E-state index contributed by atoms with van der Waals surface area (Å²) in [7, 11) is 0. The van der Waals surface area contributed by atoms with Crippen LogP contribution in [0.2, 0.25) is 5.02 Å². The first kappa shape index (κ1) is 19.9. The van der Waals surface area contributed by atoms with Gasteiger partial charge in [0.05, 0.1) is 22.3 Å². The van der Waals surface area contributed by atoms with E-state index in [1.807, 2.05) is 36.4 Å². The van der Waals surface area contributed by atoms with Crippen molar-refractivity contribution in [1.82, 2.24) is 9.55 Å². The largest absolute Gasteiger partial charge is 0.293 e. The first-order chi connectivity index (χ1) is 14.0. The number of rotatable bonds is 5. The van der Waals surface area contributed by atoms with Gasteiger partial charge in [-0.3, -0.25) is 14.2 Å². The first-order valence-corrected chi connectivity index (χ1v) is 10.9. The molecule has 0 amide bonds. The average molecular weight is 486 g/mol. The second kappa shape index (κ2) is 8.53. The van der Waals surface area contributed by atoms with Gasteiger partial charge < -0.3 is 0 Å². The summed E-state index contributed by atoms with van der Waals surface area (Å²) in [6.45, 7) is 0. The standard InChI is InChI=1S/C22H14BrClN2O2S/c23-15-7-11-17(12-8-15)26-21(28)18-3-1-2-4-19(18)25-22(26)29-13-20(27)14-5-9-16(24)10-6-14/h1-12H,13H2. The van der Waals surface area contributed by atoms with Crippen molar-refractivity contribution in [2.45, 2.75) is 5.16 Å². The summed E-state index contributed by atoms with van der Waals surface area (Å²) in [5.41, 5.74) is 1.70. The normalized spacial score (nSPS) is 11.0. The molecule has 4 nitrogen and oxygen atoms in total. The highest BCUT2D eigenvalue weighted by molar-refractivity contribution is 9.10. The van der Waals surface area contributed by atoms with Gasteiger partial charge in [-0.25, -0.2) is 4.98 Å². The monoisotopic (exact) mass is 484 g/mol. The summed E-state index contributed by atoms with van der Waals surface area (Å²) in [4.78, 5) is 30.4. The van der Waals surface area contributed by atoms with Gasteiger partial charge in [0.25, 0.3) is 5.56 Å². The fourth-order valence-electron chi connectivity index (χ4n) is 2.88. The van der Waals surface area contributed by atoms with Crippen LogP contribution in [0.5, 0.6) is 0 Å². The van der Waals surface area contributed by atoms with Crippen molar-refractivity contribution in [3.63, 3.8) is 0 Å². The minimum atomic E-state index is -0.167. The van der Waals surface area contributed by atoms with Crippen LogP contribution in [-0.4, -0.2) is 21.1 Å². The zero-order chi connectivity index (χ0) is 20.4. The Morgan fingerprint density at radius 3 is 2.41 bits per heavy atom. The van der Waals surface area contributed by atoms with Crippen LogP contribution in [0.25, 0.3) is 16.6 Å². The van der Waals surface area contributed by atoms with Gasteiger partial charge in [-0.05, 0) is 60.7 Å². The van der Waals surface area contributed by atoms with Crippen molar-refractivity contribution in [1.29, 1.82) is 0 Å². The maximum absolute atomic E-state index is 13.2. The number of halogens is 2. The molecule has 4 rings (SSSR count). The Morgan fingerprint density at radius 2 is 1.69 bits per heavy atom. The van der Waals surface area contributed by atoms with E-state index in [0.717, 1.165) is 4.47 Å². The maximum Gasteiger partial charge on any atom is 0.266 e. The van der Waals surface area contributed by atoms with E-state index in [-0.39, 0.29) is 17.1 Å². The highest BCUT2D eigenvalue weighted by Gasteiger charge is 2.15. The summed E-state index contributed by atoms with van der Waals surface area (Å²) in [5.74, 6) is 0.0968. The smallest absolute Gasteiger partial charge is 0.266 e. The number of benzene rings is 3. The number of thioether (sulfide) groups is 1. The molecule has 4 aromatic rings. The zero-order valence-corrected chi connectivity index (χ0v) is 18.2. The highest BCUT2D eigenvalue weighted by atomic mass is 79.9. The number of carbonyl (C=O) groups is 1. The Bertz CT molecular complexity index is 1250. The molecule has 29 heavy (non-hydrogen) atoms. The fraction of sp³-hybridized carbons (Fsp3) is 0.0455. The van der Waals surface area contributed by atoms with E-state index in [0.29, 0.717) is 32.3 Å². The quantitative estimate of drug-likeness (QED) is 0.204. The first-order valence-electron chi connectivity index (χ1n) is 8.72. The lowest BCUT2D eigenvalue weighted by atomic mass is 10.1. The molecule has 144 valence electrons. The number of nitrogens with zero attached hydrogens (tertiary/aromatic N) is 2. The second-order valence-electron chi connectivity index (χ2n) is 6.25. The predicted molar refractivity (Wildman–Crippen MR) is 122 cm³/mol. The maximum atomic E-state index is 13.2. The molecule has 0 saturated heterocycles. The van der Waals surface area contributed by atoms with Gasteiger partial charge in [-0.1, -0.05) is 51.4 Å². The molecule has 0 fully saturated rings. The third kappa shape index (κ3) is 4.29. The second-order valence-corrected chi connectivity index (χ2v) is 8.54. The number of carbonyl (C=O) groups excluding carboxylic acids is 1. The van der Waals surface area contributed by atoms with Crippen LogP contribution in [-0.2, 0) is 0 Å².